The molecule has 98 valence electrons. The van der Waals surface area contributed by atoms with Crippen LogP contribution in [-0.2, 0) is 6.42 Å². The zero-order chi connectivity index (χ0) is 12.3. The van der Waals surface area contributed by atoms with Crippen molar-refractivity contribution in [1.29, 1.82) is 0 Å². The van der Waals surface area contributed by atoms with Gasteiger partial charge in [-0.05, 0) is 31.2 Å². The van der Waals surface area contributed by atoms with Gasteiger partial charge in [-0.25, -0.2) is 0 Å². The molecule has 18 heavy (non-hydrogen) atoms. The summed E-state index contributed by atoms with van der Waals surface area (Å²) in [6.07, 6.45) is 2.70. The van der Waals surface area contributed by atoms with Crippen LogP contribution in [0, 0.1) is 6.92 Å². The topological polar surface area (TPSA) is 51.2 Å². The second-order valence-corrected chi connectivity index (χ2v) is 4.35. The Hall–Kier alpha value is -1.29. The van der Waals surface area contributed by atoms with Gasteiger partial charge in [0.15, 0.2) is 0 Å². The van der Waals surface area contributed by atoms with E-state index in [0.29, 0.717) is 6.42 Å². The van der Waals surface area contributed by atoms with E-state index in [2.05, 4.69) is 35.8 Å². The van der Waals surface area contributed by atoms with Crippen LogP contribution < -0.4 is 5.73 Å². The number of benzene rings is 1. The maximum atomic E-state index is 9.00. The second-order valence-electron chi connectivity index (χ2n) is 4.35. The largest absolute Gasteiger partial charge is 0.395 e. The first-order chi connectivity index (χ1) is 8.20. The van der Waals surface area contributed by atoms with Gasteiger partial charge in [0.1, 0.15) is 0 Å². The Kier molecular flexibility index (Phi) is 5.41. The lowest BCUT2D eigenvalue weighted by Gasteiger charge is -2.12. The van der Waals surface area contributed by atoms with Crippen LogP contribution in [-0.4, -0.2) is 22.3 Å². The summed E-state index contributed by atoms with van der Waals surface area (Å²) in [6, 6.07) is 12.2. The van der Waals surface area contributed by atoms with Crippen molar-refractivity contribution in [1.82, 2.24) is 4.57 Å². The second kappa shape index (κ2) is 6.59. The van der Waals surface area contributed by atoms with Gasteiger partial charge in [0.2, 0.25) is 0 Å². The minimum Gasteiger partial charge on any atom is -0.395 e. The predicted molar refractivity (Wildman–Crippen MR) is 76.5 cm³/mol. The number of hydrogen-bond donors (Lipinski definition) is 2. The Morgan fingerprint density at radius 1 is 1.22 bits per heavy atom. The molecule has 0 radical (unpaired) electrons. The van der Waals surface area contributed by atoms with Crippen LogP contribution in [0.5, 0.6) is 0 Å². The molecule has 1 heterocycles. The van der Waals surface area contributed by atoms with Crippen LogP contribution in [0.25, 0.3) is 5.69 Å². The molecule has 0 fully saturated rings. The van der Waals surface area contributed by atoms with Crippen LogP contribution in [0.3, 0.4) is 0 Å². The predicted octanol–water partition coefficient (Wildman–Crippen LogP) is 2.07. The molecule has 0 aliphatic rings. The average Bonchev–Trinajstić information content (AvgIpc) is 2.78. The van der Waals surface area contributed by atoms with E-state index >= 15 is 0 Å². The highest BCUT2D eigenvalue weighted by atomic mass is 35.5. The van der Waals surface area contributed by atoms with Crippen molar-refractivity contribution in [2.45, 2.75) is 19.4 Å². The fourth-order valence-electron chi connectivity index (χ4n) is 1.87. The summed E-state index contributed by atoms with van der Waals surface area (Å²) in [4.78, 5) is 0. The van der Waals surface area contributed by atoms with Gasteiger partial charge in [0.25, 0.3) is 0 Å². The molecule has 3 nitrogen and oxygen atoms in total. The molecule has 0 saturated heterocycles. The van der Waals surface area contributed by atoms with Crippen molar-refractivity contribution < 1.29 is 5.11 Å². The Morgan fingerprint density at radius 2 is 1.89 bits per heavy atom. The number of aliphatic hydroxyl groups is 1. The molecule has 3 N–H and O–H groups in total. The van der Waals surface area contributed by atoms with Crippen LogP contribution in [0.2, 0.25) is 0 Å². The van der Waals surface area contributed by atoms with Gasteiger partial charge in [0, 0.05) is 30.0 Å². The van der Waals surface area contributed by atoms with E-state index < -0.39 is 0 Å². The lowest BCUT2D eigenvalue weighted by molar-refractivity contribution is 0.264. The Labute approximate surface area is 114 Å². The summed E-state index contributed by atoms with van der Waals surface area (Å²) in [5.41, 5.74) is 9.26. The number of aliphatic hydroxyl groups excluding tert-OH is 1. The Bertz CT molecular complexity index is 479. The van der Waals surface area contributed by atoms with E-state index in [9.17, 15) is 0 Å². The van der Waals surface area contributed by atoms with Crippen molar-refractivity contribution in [3.05, 3.63) is 53.9 Å². The standard InChI is InChI=1S/C14H18N2O.ClH/c1-11-4-6-13(7-5-11)16-8-2-3-14(16)9-12(15)10-17;/h2-8,12,17H,9-10,15H2,1H3;1H. The lowest BCUT2D eigenvalue weighted by atomic mass is 10.1. The Morgan fingerprint density at radius 3 is 2.50 bits per heavy atom. The normalized spacial score (nSPS) is 11.9. The minimum absolute atomic E-state index is 0. The van der Waals surface area contributed by atoms with Crippen molar-refractivity contribution in [3.8, 4) is 5.69 Å². The van der Waals surface area contributed by atoms with Gasteiger partial charge >= 0.3 is 0 Å². The van der Waals surface area contributed by atoms with E-state index in [1.165, 1.54) is 5.56 Å². The maximum Gasteiger partial charge on any atom is 0.0586 e. The highest BCUT2D eigenvalue weighted by molar-refractivity contribution is 5.85. The SMILES string of the molecule is Cc1ccc(-n2cccc2CC(N)CO)cc1.Cl. The highest BCUT2D eigenvalue weighted by Crippen LogP contribution is 2.14. The average molecular weight is 267 g/mol. The summed E-state index contributed by atoms with van der Waals surface area (Å²) in [6.45, 7) is 2.08. The number of aryl methyl sites for hydroxylation is 1. The molecule has 4 heteroatoms. The smallest absolute Gasteiger partial charge is 0.0586 e. The van der Waals surface area contributed by atoms with Crippen molar-refractivity contribution in [2.75, 3.05) is 6.61 Å². The summed E-state index contributed by atoms with van der Waals surface area (Å²) < 4.78 is 2.11. The van der Waals surface area contributed by atoms with Crippen LogP contribution in [0.15, 0.2) is 42.6 Å². The highest BCUT2D eigenvalue weighted by Gasteiger charge is 2.07. The molecule has 0 aliphatic carbocycles. The summed E-state index contributed by atoms with van der Waals surface area (Å²) in [5.74, 6) is 0. The molecule has 2 rings (SSSR count). The first-order valence-corrected chi connectivity index (χ1v) is 5.80. The molecule has 0 bridgehead atoms. The van der Waals surface area contributed by atoms with Crippen LogP contribution >= 0.6 is 12.4 Å². The monoisotopic (exact) mass is 266 g/mol. The van der Waals surface area contributed by atoms with Gasteiger partial charge in [-0.15, -0.1) is 12.4 Å². The van der Waals surface area contributed by atoms with E-state index in [1.54, 1.807) is 0 Å². The van der Waals surface area contributed by atoms with E-state index in [-0.39, 0.29) is 25.1 Å². The van der Waals surface area contributed by atoms with Crippen molar-refractivity contribution >= 4 is 12.4 Å². The molecule has 0 spiro atoms. The number of nitrogens with two attached hydrogens (primary N) is 1. The molecule has 0 amide bonds. The van der Waals surface area contributed by atoms with Crippen LogP contribution in [0.1, 0.15) is 11.3 Å². The first kappa shape index (κ1) is 14.8. The molecule has 1 aromatic heterocycles. The minimum atomic E-state index is -0.200. The van der Waals surface area contributed by atoms with E-state index in [0.717, 1.165) is 11.4 Å². The molecule has 0 aliphatic heterocycles. The quantitative estimate of drug-likeness (QED) is 0.890. The fraction of sp³-hybridized carbons (Fsp3) is 0.286. The summed E-state index contributed by atoms with van der Waals surface area (Å²) in [5, 5.41) is 9.00. The van der Waals surface area contributed by atoms with Gasteiger partial charge < -0.3 is 15.4 Å². The fourth-order valence-corrected chi connectivity index (χ4v) is 1.87. The molecule has 0 saturated carbocycles. The third-order valence-corrected chi connectivity index (χ3v) is 2.85. The van der Waals surface area contributed by atoms with E-state index in [1.807, 2.05) is 18.3 Å². The molecule has 1 unspecified atom stereocenters. The molecular weight excluding hydrogens is 248 g/mol. The number of halogens is 1. The summed E-state index contributed by atoms with van der Waals surface area (Å²) in [7, 11) is 0. The molecule has 1 atom stereocenters. The van der Waals surface area contributed by atoms with Gasteiger partial charge in [-0.1, -0.05) is 17.7 Å². The van der Waals surface area contributed by atoms with E-state index in [4.69, 9.17) is 10.8 Å². The molecule has 1 aromatic carbocycles. The first-order valence-electron chi connectivity index (χ1n) is 5.80. The number of nitrogens with zero attached hydrogens (tertiary/aromatic N) is 1. The number of hydrogen-bond acceptors (Lipinski definition) is 2. The third kappa shape index (κ3) is 3.35. The number of rotatable bonds is 4. The molecular formula is C14H19ClN2O. The van der Waals surface area contributed by atoms with Gasteiger partial charge in [-0.3, -0.25) is 0 Å². The third-order valence-electron chi connectivity index (χ3n) is 2.85. The van der Waals surface area contributed by atoms with Gasteiger partial charge in [-0.2, -0.15) is 0 Å². The van der Waals surface area contributed by atoms with Crippen LogP contribution in [0.4, 0.5) is 0 Å². The van der Waals surface area contributed by atoms with Crippen molar-refractivity contribution in [3.63, 3.8) is 0 Å². The zero-order valence-electron chi connectivity index (χ0n) is 10.4. The van der Waals surface area contributed by atoms with Gasteiger partial charge in [0.05, 0.1) is 6.61 Å². The Balaban J connectivity index is 0.00000162. The van der Waals surface area contributed by atoms with Crippen molar-refractivity contribution in [2.24, 2.45) is 5.73 Å². The zero-order valence-corrected chi connectivity index (χ0v) is 11.2. The number of aromatic nitrogens is 1. The maximum absolute atomic E-state index is 9.00. The molecule has 2 aromatic rings. The summed E-state index contributed by atoms with van der Waals surface area (Å²) >= 11 is 0. The lowest BCUT2D eigenvalue weighted by Crippen LogP contribution is -2.27.